The lowest BCUT2D eigenvalue weighted by Gasteiger charge is -2.35. The molecule has 2 aliphatic rings. The zero-order valence-electron chi connectivity index (χ0n) is 34.4. The summed E-state index contributed by atoms with van der Waals surface area (Å²) in [5.74, 6) is -2.96. The molecule has 3 amide bonds. The number of carbonyl (C=O) groups excluding carboxylic acids is 3. The number of hydrogen-bond acceptors (Lipinski definition) is 9. The smallest absolute Gasteiger partial charge is 0.243 e. The molecule has 1 aromatic heterocycles. The van der Waals surface area contributed by atoms with Crippen molar-refractivity contribution < 1.29 is 38.1 Å². The van der Waals surface area contributed by atoms with E-state index in [0.717, 1.165) is 22.5 Å². The first-order valence-corrected chi connectivity index (χ1v) is 20.1. The Morgan fingerprint density at radius 3 is 2.28 bits per heavy atom. The monoisotopic (exact) mass is 822 g/mol. The molecule has 4 aromatic rings. The average Bonchev–Trinajstić information content (AvgIpc) is 4.02. The van der Waals surface area contributed by atoms with Crippen molar-refractivity contribution in [2.45, 2.75) is 83.2 Å². The fourth-order valence-corrected chi connectivity index (χ4v) is 7.40. The molecular weight excluding hydrogens is 771 g/mol. The fraction of sp³-hybridized carbons (Fsp3) is 0.413. The van der Waals surface area contributed by atoms with Crippen LogP contribution in [0.25, 0.3) is 11.1 Å². The maximum Gasteiger partial charge on any atom is 0.243 e. The Bertz CT molecular complexity index is 2220. The zero-order valence-corrected chi connectivity index (χ0v) is 34.4. The number of nitrogens with zero attached hydrogens (tertiary/aromatic N) is 3. The van der Waals surface area contributed by atoms with Crippen LogP contribution in [0.3, 0.4) is 0 Å². The molecule has 3 aromatic carbocycles. The number of anilines is 1. The van der Waals surface area contributed by atoms with Crippen LogP contribution in [0.1, 0.15) is 62.8 Å². The quantitative estimate of drug-likeness (QED) is 0.108. The van der Waals surface area contributed by atoms with Crippen molar-refractivity contribution in [2.75, 3.05) is 25.6 Å². The Morgan fingerprint density at radius 2 is 1.67 bits per heavy atom. The lowest BCUT2D eigenvalue weighted by molar-refractivity contribution is -0.134. The van der Waals surface area contributed by atoms with E-state index in [1.807, 2.05) is 55.4 Å². The third kappa shape index (κ3) is 10.3. The number of ether oxygens (including phenoxy) is 1. The lowest BCUT2D eigenvalue weighted by Crippen LogP contribution is -2.58. The summed E-state index contributed by atoms with van der Waals surface area (Å²) in [5.41, 5.74) is 0.931. The molecule has 2 heterocycles. The molecule has 0 bridgehead atoms. The minimum absolute atomic E-state index is 0.0946. The second-order valence-corrected chi connectivity index (χ2v) is 17.1. The third-order valence-corrected chi connectivity index (χ3v) is 11.3. The number of rotatable bonds is 15. The van der Waals surface area contributed by atoms with Crippen molar-refractivity contribution in [1.29, 1.82) is 5.26 Å². The van der Waals surface area contributed by atoms with Gasteiger partial charge in [0.2, 0.25) is 17.7 Å². The molecule has 14 heteroatoms. The van der Waals surface area contributed by atoms with Crippen LogP contribution in [0.4, 0.5) is 14.6 Å². The summed E-state index contributed by atoms with van der Waals surface area (Å²) in [6, 6.07) is 20.0. The summed E-state index contributed by atoms with van der Waals surface area (Å²) in [5, 5.41) is 41.3. The van der Waals surface area contributed by atoms with E-state index in [1.165, 1.54) is 36.4 Å². The summed E-state index contributed by atoms with van der Waals surface area (Å²) in [4.78, 5) is 48.2. The number of benzene rings is 3. The van der Waals surface area contributed by atoms with Gasteiger partial charge in [0.1, 0.15) is 47.4 Å². The normalized spacial score (nSPS) is 18.6. The minimum Gasteiger partial charge on any atom is -0.490 e. The number of aromatic nitrogens is 1. The number of pyridine rings is 1. The highest BCUT2D eigenvalue weighted by atomic mass is 19.1. The molecule has 1 fully saturated rings. The van der Waals surface area contributed by atoms with Gasteiger partial charge in [-0.2, -0.15) is 5.26 Å². The molecule has 1 aliphatic carbocycles. The molecule has 6 atom stereocenters. The number of carbonyl (C=O) groups is 3. The molecule has 0 saturated heterocycles. The average molecular weight is 823 g/mol. The van der Waals surface area contributed by atoms with Crippen LogP contribution in [0, 0.1) is 39.7 Å². The number of nitriles is 1. The predicted molar refractivity (Wildman–Crippen MR) is 221 cm³/mol. The maximum absolute atomic E-state index is 15.2. The van der Waals surface area contributed by atoms with E-state index >= 15 is 4.39 Å². The molecule has 0 radical (unpaired) electrons. The standard InChI is InChI=1S/C46H52F2N6O6/c1-45(2,3)41(53-44(59)46(26-49)18-19-46)43(58)51-35(20-27-10-12-28(13-11-27)30-14-17-39(50-24-30)54(4)5)36(55)22-31(21-29-8-6-7-9-34(29)48)42(57)52-40-33-23-32(47)15-16-38(33)60-25-37(40)56/h6-17,23-24,31,35-37,40-41,55-56H,18-22,25H2,1-5H3,(H,51,58)(H,52,57)(H,53,59)/t31-,35+,36+,37-,40+,41-/m1/s1. The molecule has 0 spiro atoms. The van der Waals surface area contributed by atoms with Crippen LogP contribution in [-0.4, -0.2) is 77.9 Å². The van der Waals surface area contributed by atoms with Crippen molar-refractivity contribution in [1.82, 2.24) is 20.9 Å². The summed E-state index contributed by atoms with van der Waals surface area (Å²) in [7, 11) is 3.81. The first-order chi connectivity index (χ1) is 28.5. The predicted octanol–water partition coefficient (Wildman–Crippen LogP) is 5.18. The zero-order chi connectivity index (χ0) is 43.4. The Labute approximate surface area is 349 Å². The van der Waals surface area contributed by atoms with Gasteiger partial charge in [-0.25, -0.2) is 13.8 Å². The van der Waals surface area contributed by atoms with E-state index in [1.54, 1.807) is 33.0 Å². The number of hydrogen-bond donors (Lipinski definition) is 5. The van der Waals surface area contributed by atoms with Gasteiger partial charge in [0.25, 0.3) is 0 Å². The van der Waals surface area contributed by atoms with E-state index < -0.39 is 76.4 Å². The second-order valence-electron chi connectivity index (χ2n) is 17.1. The van der Waals surface area contributed by atoms with Crippen molar-refractivity contribution in [3.05, 3.63) is 113 Å². The number of aliphatic hydroxyl groups is 2. The summed E-state index contributed by atoms with van der Waals surface area (Å²) < 4.78 is 35.1. The highest BCUT2D eigenvalue weighted by molar-refractivity contribution is 5.93. The highest BCUT2D eigenvalue weighted by Crippen LogP contribution is 2.45. The van der Waals surface area contributed by atoms with Crippen LogP contribution in [0.15, 0.2) is 85.1 Å². The third-order valence-electron chi connectivity index (χ3n) is 11.3. The SMILES string of the molecule is CN(C)c1ccc(-c2ccc(C[C@H](NC(=O)[C@@H](NC(=O)C3(C#N)CC3)C(C)(C)C)[C@@H](O)C[C@@H](Cc3ccccc3F)C(=O)N[C@H]3c4cc(F)ccc4OC[C@H]3O)cc2)cn1. The van der Waals surface area contributed by atoms with Crippen molar-refractivity contribution in [3.8, 4) is 22.9 Å². The molecule has 1 aliphatic heterocycles. The second kappa shape index (κ2) is 18.1. The van der Waals surface area contributed by atoms with Crippen LogP contribution in [0.5, 0.6) is 5.75 Å². The fourth-order valence-electron chi connectivity index (χ4n) is 7.40. The van der Waals surface area contributed by atoms with Crippen LogP contribution in [0.2, 0.25) is 0 Å². The van der Waals surface area contributed by atoms with Gasteiger partial charge in [0.05, 0.1) is 24.3 Å². The first kappa shape index (κ1) is 43.7. The number of nitrogens with one attached hydrogen (secondary N) is 3. The largest absolute Gasteiger partial charge is 0.490 e. The number of halogens is 2. The van der Waals surface area contributed by atoms with Crippen molar-refractivity contribution in [3.63, 3.8) is 0 Å². The van der Waals surface area contributed by atoms with E-state index in [-0.39, 0.29) is 42.7 Å². The molecule has 5 N–H and O–H groups in total. The Morgan fingerprint density at radius 1 is 0.967 bits per heavy atom. The van der Waals surface area contributed by atoms with E-state index in [0.29, 0.717) is 12.8 Å². The van der Waals surface area contributed by atoms with Gasteiger partial charge in [-0.3, -0.25) is 14.4 Å². The molecular formula is C46H52F2N6O6. The number of amides is 3. The van der Waals surface area contributed by atoms with Gasteiger partial charge >= 0.3 is 0 Å². The van der Waals surface area contributed by atoms with Gasteiger partial charge in [-0.1, -0.05) is 63.2 Å². The van der Waals surface area contributed by atoms with Crippen LogP contribution < -0.4 is 25.6 Å². The Hall–Kier alpha value is -5.91. The van der Waals surface area contributed by atoms with Crippen LogP contribution in [-0.2, 0) is 27.2 Å². The van der Waals surface area contributed by atoms with Crippen molar-refractivity contribution in [2.24, 2.45) is 16.7 Å². The van der Waals surface area contributed by atoms with E-state index in [4.69, 9.17) is 4.74 Å². The van der Waals surface area contributed by atoms with E-state index in [9.17, 15) is 34.2 Å². The maximum atomic E-state index is 15.2. The van der Waals surface area contributed by atoms with Gasteiger partial charge in [0.15, 0.2) is 0 Å². The number of aliphatic hydroxyl groups excluding tert-OH is 2. The minimum atomic E-state index is -1.41. The van der Waals surface area contributed by atoms with E-state index in [2.05, 4.69) is 27.0 Å². The summed E-state index contributed by atoms with van der Waals surface area (Å²) in [6.07, 6.45) is -0.434. The Balaban J connectivity index is 1.30. The summed E-state index contributed by atoms with van der Waals surface area (Å²) in [6.45, 7) is 5.15. The molecule has 60 heavy (non-hydrogen) atoms. The highest BCUT2D eigenvalue weighted by Gasteiger charge is 2.52. The summed E-state index contributed by atoms with van der Waals surface area (Å²) >= 11 is 0. The van der Waals surface area contributed by atoms with Gasteiger partial charge in [-0.15, -0.1) is 0 Å². The molecule has 316 valence electrons. The molecule has 6 rings (SSSR count). The molecule has 0 unspecified atom stereocenters. The first-order valence-electron chi connectivity index (χ1n) is 20.1. The van der Waals surface area contributed by atoms with Crippen LogP contribution >= 0.6 is 0 Å². The van der Waals surface area contributed by atoms with Gasteiger partial charge in [0, 0.05) is 37.3 Å². The number of fused-ring (bicyclic) bond motifs is 1. The molecule has 12 nitrogen and oxygen atoms in total. The Kier molecular flexibility index (Phi) is 13.2. The lowest BCUT2D eigenvalue weighted by atomic mass is 9.84. The molecule has 1 saturated carbocycles. The van der Waals surface area contributed by atoms with Crippen molar-refractivity contribution >= 4 is 23.5 Å². The van der Waals surface area contributed by atoms with Gasteiger partial charge in [-0.05, 0) is 90.6 Å². The van der Waals surface area contributed by atoms with Gasteiger partial charge < -0.3 is 35.8 Å². The topological polar surface area (TPSA) is 177 Å².